The van der Waals surface area contributed by atoms with Crippen LogP contribution in [0.2, 0.25) is 0 Å². The lowest BCUT2D eigenvalue weighted by Crippen LogP contribution is -2.35. The number of aliphatic hydroxyl groups is 1. The van der Waals surface area contributed by atoms with Crippen LogP contribution in [0.25, 0.3) is 0 Å². The fraction of sp³-hybridized carbons (Fsp3) is 0.909. The molecule has 2 N–H and O–H groups in total. The minimum Gasteiger partial charge on any atom is -0.479 e. The van der Waals surface area contributed by atoms with Gasteiger partial charge in [-0.25, -0.2) is 9.18 Å². The molecular weight excluding hydrogens is 263 g/mol. The van der Waals surface area contributed by atoms with E-state index in [2.05, 4.69) is 0 Å². The second-order valence-corrected chi connectivity index (χ2v) is 9.03. The van der Waals surface area contributed by atoms with E-state index in [9.17, 15) is 14.3 Å². The fourth-order valence-electron chi connectivity index (χ4n) is 3.46. The van der Waals surface area contributed by atoms with Gasteiger partial charge in [0, 0.05) is 5.25 Å². The Bertz CT molecular complexity index is 406. The number of halogens is 1. The molecule has 1 saturated heterocycles. The third kappa shape index (κ3) is 1.13. The summed E-state index contributed by atoms with van der Waals surface area (Å²) in [5.41, 5.74) is -2.22. The van der Waals surface area contributed by atoms with Crippen molar-refractivity contribution >= 4 is 29.5 Å². The first kappa shape index (κ1) is 12.1. The lowest BCUT2D eigenvalue weighted by Gasteiger charge is -2.21. The van der Waals surface area contributed by atoms with Crippen LogP contribution in [0.4, 0.5) is 4.39 Å². The van der Waals surface area contributed by atoms with E-state index in [0.717, 1.165) is 6.42 Å². The van der Waals surface area contributed by atoms with Crippen LogP contribution in [-0.4, -0.2) is 42.0 Å². The number of aliphatic carboxylic acids is 1. The zero-order valence-electron chi connectivity index (χ0n) is 9.64. The van der Waals surface area contributed by atoms with Crippen LogP contribution in [0.15, 0.2) is 0 Å². The molecule has 2 saturated carbocycles. The summed E-state index contributed by atoms with van der Waals surface area (Å²) in [6, 6.07) is 0. The maximum Gasteiger partial charge on any atom is 0.343 e. The van der Waals surface area contributed by atoms with Gasteiger partial charge in [0.15, 0.2) is 0 Å². The molecule has 0 aromatic rings. The van der Waals surface area contributed by atoms with Gasteiger partial charge in [-0.2, -0.15) is 0 Å². The molecule has 6 unspecified atom stereocenters. The van der Waals surface area contributed by atoms with Crippen molar-refractivity contribution < 1.29 is 19.4 Å². The van der Waals surface area contributed by atoms with Crippen LogP contribution in [0.5, 0.6) is 0 Å². The normalized spacial score (nSPS) is 59.9. The highest BCUT2D eigenvalue weighted by Gasteiger charge is 2.93. The first-order valence-electron chi connectivity index (χ1n) is 5.80. The van der Waals surface area contributed by atoms with Crippen LogP contribution in [0, 0.1) is 5.92 Å². The third-order valence-corrected chi connectivity index (χ3v) is 8.64. The fourth-order valence-corrected chi connectivity index (χ4v) is 8.09. The Morgan fingerprint density at radius 2 is 2.24 bits per heavy atom. The van der Waals surface area contributed by atoms with Crippen molar-refractivity contribution in [1.29, 1.82) is 0 Å². The molecule has 1 spiro atoms. The lowest BCUT2D eigenvalue weighted by molar-refractivity contribution is -0.146. The van der Waals surface area contributed by atoms with Gasteiger partial charge in [0.1, 0.15) is 0 Å². The maximum atomic E-state index is 14.6. The average molecular weight is 278 g/mol. The Morgan fingerprint density at radius 1 is 1.59 bits per heavy atom. The summed E-state index contributed by atoms with van der Waals surface area (Å²) in [6.07, 6.45) is 0.596. The highest BCUT2D eigenvalue weighted by atomic mass is 32.2. The minimum atomic E-state index is -2.22. The Labute approximate surface area is 108 Å². The van der Waals surface area contributed by atoms with E-state index >= 15 is 0 Å². The van der Waals surface area contributed by atoms with Crippen molar-refractivity contribution in [1.82, 2.24) is 0 Å². The molecule has 6 heteroatoms. The zero-order chi connectivity index (χ0) is 12.6. The minimum absolute atomic E-state index is 0.0708. The molecule has 1 heterocycles. The highest BCUT2D eigenvalue weighted by molar-refractivity contribution is 8.22. The van der Waals surface area contributed by atoms with Crippen LogP contribution >= 0.6 is 23.5 Å². The highest BCUT2D eigenvalue weighted by Crippen LogP contribution is 2.82. The molecule has 96 valence electrons. The second-order valence-electron chi connectivity index (χ2n) is 5.29. The number of aliphatic hydroxyl groups excluding tert-OH is 1. The monoisotopic (exact) mass is 278 g/mol. The van der Waals surface area contributed by atoms with Crippen molar-refractivity contribution in [2.75, 3.05) is 0 Å². The Balaban J connectivity index is 2.00. The number of carboxylic acid groups (broad SMARTS) is 1. The molecular formula is C11H15FO3S2. The Morgan fingerprint density at radius 3 is 2.71 bits per heavy atom. The van der Waals surface area contributed by atoms with Crippen LogP contribution < -0.4 is 0 Å². The first-order valence-corrected chi connectivity index (χ1v) is 7.50. The van der Waals surface area contributed by atoms with E-state index < -0.39 is 28.4 Å². The summed E-state index contributed by atoms with van der Waals surface area (Å²) in [6.45, 7) is 4.08. The van der Waals surface area contributed by atoms with Gasteiger partial charge in [0.05, 0.1) is 20.8 Å². The number of rotatable bonds is 2. The van der Waals surface area contributed by atoms with Gasteiger partial charge in [-0.3, -0.25) is 0 Å². The van der Waals surface area contributed by atoms with E-state index in [0.29, 0.717) is 6.42 Å². The van der Waals surface area contributed by atoms with Crippen molar-refractivity contribution in [3.63, 3.8) is 0 Å². The summed E-state index contributed by atoms with van der Waals surface area (Å²) in [4.78, 5) is 11.2. The van der Waals surface area contributed by atoms with Gasteiger partial charge in [-0.1, -0.05) is 6.92 Å². The van der Waals surface area contributed by atoms with Gasteiger partial charge in [0.25, 0.3) is 0 Å². The molecule has 0 aromatic heterocycles. The molecule has 6 atom stereocenters. The molecule has 0 radical (unpaired) electrons. The predicted octanol–water partition coefficient (Wildman–Crippen LogP) is 1.89. The number of carboxylic acids is 1. The van der Waals surface area contributed by atoms with Crippen molar-refractivity contribution in [2.45, 2.75) is 52.5 Å². The molecule has 17 heavy (non-hydrogen) atoms. The number of hydrogen-bond acceptors (Lipinski definition) is 4. The number of thioether (sulfide) groups is 2. The van der Waals surface area contributed by atoms with E-state index in [1.807, 2.05) is 13.8 Å². The Hall–Kier alpha value is 0.0600. The average Bonchev–Trinajstić information content (AvgIpc) is 2.48. The molecule has 0 amide bonds. The molecule has 3 nitrogen and oxygen atoms in total. The van der Waals surface area contributed by atoms with Crippen LogP contribution in [0.3, 0.4) is 0 Å². The van der Waals surface area contributed by atoms with Gasteiger partial charge >= 0.3 is 5.97 Å². The molecule has 2 aliphatic carbocycles. The van der Waals surface area contributed by atoms with E-state index in [-0.39, 0.29) is 9.33 Å². The van der Waals surface area contributed by atoms with E-state index in [4.69, 9.17) is 5.11 Å². The summed E-state index contributed by atoms with van der Waals surface area (Å²) < 4.78 is 13.6. The smallest absolute Gasteiger partial charge is 0.343 e. The molecule has 3 aliphatic rings. The summed E-state index contributed by atoms with van der Waals surface area (Å²) in [7, 11) is 0. The lowest BCUT2D eigenvalue weighted by atomic mass is 10.1. The van der Waals surface area contributed by atoms with Crippen LogP contribution in [-0.2, 0) is 4.79 Å². The van der Waals surface area contributed by atoms with Gasteiger partial charge < -0.3 is 10.2 Å². The predicted molar refractivity (Wildman–Crippen MR) is 66.0 cm³/mol. The Kier molecular flexibility index (Phi) is 2.24. The molecule has 0 aromatic carbocycles. The molecule has 0 bridgehead atoms. The van der Waals surface area contributed by atoms with Crippen molar-refractivity contribution in [3.8, 4) is 0 Å². The van der Waals surface area contributed by atoms with Gasteiger partial charge in [-0.05, 0) is 19.8 Å². The summed E-state index contributed by atoms with van der Waals surface area (Å²) >= 11 is 3.09. The van der Waals surface area contributed by atoms with E-state index in [1.165, 1.54) is 11.8 Å². The first-order chi connectivity index (χ1) is 7.82. The standard InChI is InChI=1S/C11H15FO3S2/c1-3-9(2)16-6-4-5(13)7-10(12,8(14)15)11(6,7)17-9/h5-7,13H,3-4H2,1-2H3,(H,14,15). The van der Waals surface area contributed by atoms with E-state index in [1.54, 1.807) is 11.8 Å². The SMILES string of the molecule is CCC1(C)SC2CC(O)C3C(F)(C(=O)O)C23S1. The summed E-state index contributed by atoms with van der Waals surface area (Å²) in [5.74, 6) is -2.12. The summed E-state index contributed by atoms with van der Waals surface area (Å²) in [5, 5.41) is 18.9. The zero-order valence-corrected chi connectivity index (χ0v) is 11.3. The third-order valence-electron chi connectivity index (χ3n) is 4.42. The number of alkyl halides is 1. The van der Waals surface area contributed by atoms with Crippen LogP contribution in [0.1, 0.15) is 26.7 Å². The van der Waals surface area contributed by atoms with Crippen molar-refractivity contribution in [2.24, 2.45) is 5.92 Å². The van der Waals surface area contributed by atoms with Crippen molar-refractivity contribution in [3.05, 3.63) is 0 Å². The number of hydrogen-bond donors (Lipinski definition) is 2. The molecule has 1 aliphatic heterocycles. The largest absolute Gasteiger partial charge is 0.479 e. The second kappa shape index (κ2) is 3.14. The molecule has 3 rings (SSSR count). The molecule has 3 fully saturated rings. The topological polar surface area (TPSA) is 57.5 Å². The quantitative estimate of drug-likeness (QED) is 0.808. The maximum absolute atomic E-state index is 14.6. The van der Waals surface area contributed by atoms with Gasteiger partial charge in [-0.15, -0.1) is 23.5 Å². The van der Waals surface area contributed by atoms with Gasteiger partial charge in [0.2, 0.25) is 5.67 Å². The number of carbonyl (C=O) groups is 1.